The van der Waals surface area contributed by atoms with Gasteiger partial charge in [-0.1, -0.05) is 91.0 Å². The Morgan fingerprint density at radius 3 is 1.29 bits per heavy atom. The SMILES string of the molecule is O=C(c1ccccc1)c1ccc2nc3c4ccc(N5c6ccccc6Oc6ccccc65)cc4c4cc(N5c6ccccc6Oc6ccccc65)ccc4c3nc2c1. The van der Waals surface area contributed by atoms with Gasteiger partial charge in [0.2, 0.25) is 0 Å². The molecule has 1 aromatic heterocycles. The van der Waals surface area contributed by atoms with Gasteiger partial charge >= 0.3 is 0 Å². The van der Waals surface area contributed by atoms with Crippen molar-refractivity contribution in [1.29, 1.82) is 0 Å². The zero-order valence-electron chi connectivity index (χ0n) is 30.8. The van der Waals surface area contributed by atoms with E-state index < -0.39 is 0 Å². The maximum atomic E-state index is 13.5. The van der Waals surface area contributed by atoms with E-state index in [0.29, 0.717) is 16.6 Å². The zero-order chi connectivity index (χ0) is 38.3. The summed E-state index contributed by atoms with van der Waals surface area (Å²) in [5.74, 6) is 3.10. The standard InChI is InChI=1S/C51H30N4O3/c56-51(31-12-2-1-3-13-31)32-22-27-39-40(28-32)53-50-36-26-24-34(55-43-16-6-10-20-47(43)58-48-21-11-7-17-44(48)55)30-38(36)37-29-33(23-25-35(37)49(50)52-39)54-41-14-4-8-18-45(41)57-46-19-9-5-15-42(46)54/h1-30H. The molecular weight excluding hydrogens is 717 g/mol. The number of ether oxygens (including phenoxy) is 2. The second-order valence-corrected chi connectivity index (χ2v) is 14.5. The summed E-state index contributed by atoms with van der Waals surface area (Å²) in [6.45, 7) is 0. The van der Waals surface area contributed by atoms with Crippen LogP contribution in [0.25, 0.3) is 43.6 Å². The van der Waals surface area contributed by atoms with E-state index in [1.54, 1.807) is 0 Å². The molecule has 2 aliphatic heterocycles. The summed E-state index contributed by atoms with van der Waals surface area (Å²) < 4.78 is 12.8. The minimum Gasteiger partial charge on any atom is -0.453 e. The van der Waals surface area contributed by atoms with Gasteiger partial charge < -0.3 is 19.3 Å². The molecule has 7 nitrogen and oxygen atoms in total. The van der Waals surface area contributed by atoms with Crippen molar-refractivity contribution in [1.82, 2.24) is 9.97 Å². The molecule has 0 fully saturated rings. The van der Waals surface area contributed by atoms with Crippen molar-refractivity contribution >= 4 is 83.5 Å². The van der Waals surface area contributed by atoms with Crippen molar-refractivity contribution in [2.45, 2.75) is 0 Å². The van der Waals surface area contributed by atoms with Crippen molar-refractivity contribution in [3.05, 3.63) is 193 Å². The average molecular weight is 747 g/mol. The number of para-hydroxylation sites is 8. The van der Waals surface area contributed by atoms with Crippen LogP contribution in [0.1, 0.15) is 15.9 Å². The molecule has 272 valence electrons. The van der Waals surface area contributed by atoms with E-state index in [1.807, 2.05) is 121 Å². The van der Waals surface area contributed by atoms with Gasteiger partial charge in [-0.2, -0.15) is 0 Å². The fourth-order valence-corrected chi connectivity index (χ4v) is 8.49. The van der Waals surface area contributed by atoms with E-state index in [-0.39, 0.29) is 5.78 Å². The predicted octanol–water partition coefficient (Wildman–Crippen LogP) is 13.5. The number of carbonyl (C=O) groups excluding carboxylic acids is 1. The Morgan fingerprint density at radius 1 is 0.379 bits per heavy atom. The number of hydrogen-bond acceptors (Lipinski definition) is 7. The van der Waals surface area contributed by atoms with Gasteiger partial charge in [0, 0.05) is 33.3 Å². The molecule has 2 aliphatic rings. The number of hydrogen-bond donors (Lipinski definition) is 0. The molecule has 0 bridgehead atoms. The lowest BCUT2D eigenvalue weighted by Crippen LogP contribution is -2.16. The van der Waals surface area contributed by atoms with Crippen LogP contribution in [0.2, 0.25) is 0 Å². The molecule has 0 aliphatic carbocycles. The Kier molecular flexibility index (Phi) is 6.94. The summed E-state index contributed by atoms with van der Waals surface area (Å²) in [4.78, 5) is 28.7. The molecule has 0 atom stereocenters. The number of nitrogens with zero attached hydrogens (tertiary/aromatic N) is 4. The minimum absolute atomic E-state index is 0.0535. The molecule has 7 heteroatoms. The van der Waals surface area contributed by atoms with Gasteiger partial charge in [0.15, 0.2) is 28.8 Å². The quantitative estimate of drug-likeness (QED) is 0.101. The molecule has 9 aromatic carbocycles. The Bertz CT molecular complexity index is 3260. The molecule has 0 N–H and O–H groups in total. The zero-order valence-corrected chi connectivity index (χ0v) is 30.8. The topological polar surface area (TPSA) is 67.8 Å². The second-order valence-electron chi connectivity index (χ2n) is 14.5. The van der Waals surface area contributed by atoms with Crippen molar-refractivity contribution < 1.29 is 14.3 Å². The lowest BCUT2D eigenvalue weighted by atomic mass is 9.96. The first-order chi connectivity index (χ1) is 28.7. The molecule has 0 radical (unpaired) electrons. The molecule has 12 rings (SSSR count). The highest BCUT2D eigenvalue weighted by Crippen LogP contribution is 2.53. The summed E-state index contributed by atoms with van der Waals surface area (Å²) in [5, 5.41) is 3.97. The van der Waals surface area contributed by atoms with Crippen molar-refractivity contribution in [2.75, 3.05) is 9.80 Å². The number of carbonyl (C=O) groups is 1. The fourth-order valence-electron chi connectivity index (χ4n) is 8.49. The number of aromatic nitrogens is 2. The van der Waals surface area contributed by atoms with Crippen molar-refractivity contribution in [2.24, 2.45) is 0 Å². The van der Waals surface area contributed by atoms with E-state index in [2.05, 4.69) is 70.5 Å². The van der Waals surface area contributed by atoms with Gasteiger partial charge in [-0.3, -0.25) is 4.79 Å². The van der Waals surface area contributed by atoms with Crippen LogP contribution in [0.5, 0.6) is 23.0 Å². The molecule has 3 heterocycles. The smallest absolute Gasteiger partial charge is 0.193 e. The van der Waals surface area contributed by atoms with Crippen LogP contribution < -0.4 is 19.3 Å². The maximum Gasteiger partial charge on any atom is 0.193 e. The van der Waals surface area contributed by atoms with Crippen molar-refractivity contribution in [3.63, 3.8) is 0 Å². The van der Waals surface area contributed by atoms with E-state index in [4.69, 9.17) is 19.4 Å². The third kappa shape index (κ3) is 4.90. The first kappa shape index (κ1) is 32.2. The molecule has 0 spiro atoms. The lowest BCUT2D eigenvalue weighted by Gasteiger charge is -2.33. The lowest BCUT2D eigenvalue weighted by molar-refractivity contribution is 0.103. The van der Waals surface area contributed by atoms with Gasteiger partial charge in [0.25, 0.3) is 0 Å². The Morgan fingerprint density at radius 2 is 0.810 bits per heavy atom. The number of fused-ring (bicyclic) bond motifs is 11. The normalized spacial score (nSPS) is 12.8. The van der Waals surface area contributed by atoms with E-state index >= 15 is 0 Å². The van der Waals surface area contributed by atoms with Crippen molar-refractivity contribution in [3.8, 4) is 23.0 Å². The van der Waals surface area contributed by atoms with Gasteiger partial charge in [0.05, 0.1) is 44.8 Å². The van der Waals surface area contributed by atoms with Gasteiger partial charge in [-0.25, -0.2) is 9.97 Å². The first-order valence-electron chi connectivity index (χ1n) is 19.2. The summed E-state index contributed by atoms with van der Waals surface area (Å²) in [6, 6.07) is 60.6. The predicted molar refractivity (Wildman–Crippen MR) is 231 cm³/mol. The third-order valence-electron chi connectivity index (χ3n) is 11.1. The average Bonchev–Trinajstić information content (AvgIpc) is 3.29. The number of anilines is 6. The molecule has 58 heavy (non-hydrogen) atoms. The summed E-state index contributed by atoms with van der Waals surface area (Å²) >= 11 is 0. The molecular formula is C51H30N4O3. The van der Waals surface area contributed by atoms with Crippen LogP contribution in [0.3, 0.4) is 0 Å². The van der Waals surface area contributed by atoms with Gasteiger partial charge in [-0.15, -0.1) is 0 Å². The largest absolute Gasteiger partial charge is 0.453 e. The molecule has 0 saturated heterocycles. The molecule has 0 amide bonds. The second kappa shape index (κ2) is 12.5. The van der Waals surface area contributed by atoms with Gasteiger partial charge in [-0.05, 0) is 102 Å². The number of rotatable bonds is 4. The van der Waals surface area contributed by atoms with Crippen LogP contribution >= 0.6 is 0 Å². The van der Waals surface area contributed by atoms with Crippen LogP contribution in [0.15, 0.2) is 182 Å². The highest BCUT2D eigenvalue weighted by Gasteiger charge is 2.28. The minimum atomic E-state index is -0.0535. The van der Waals surface area contributed by atoms with Gasteiger partial charge in [0.1, 0.15) is 0 Å². The fraction of sp³-hybridized carbons (Fsp3) is 0. The Balaban J connectivity index is 1.13. The summed E-state index contributed by atoms with van der Waals surface area (Å²) in [7, 11) is 0. The van der Waals surface area contributed by atoms with E-state index in [1.165, 1.54) is 0 Å². The van der Waals surface area contributed by atoms with Crippen LogP contribution in [0.4, 0.5) is 34.1 Å². The van der Waals surface area contributed by atoms with E-state index in [0.717, 1.165) is 95.2 Å². The van der Waals surface area contributed by atoms with E-state index in [9.17, 15) is 4.79 Å². The molecule has 10 aromatic rings. The monoisotopic (exact) mass is 746 g/mol. The maximum absolute atomic E-state index is 13.5. The Hall–Kier alpha value is -8.03. The summed E-state index contributed by atoms with van der Waals surface area (Å²) in [5.41, 5.74) is 9.93. The first-order valence-corrected chi connectivity index (χ1v) is 19.2. The Labute approximate surface area is 332 Å². The van der Waals surface area contributed by atoms with Crippen LogP contribution in [-0.2, 0) is 0 Å². The highest BCUT2D eigenvalue weighted by molar-refractivity contribution is 6.25. The van der Waals surface area contributed by atoms with Crippen LogP contribution in [0, 0.1) is 0 Å². The molecule has 0 saturated carbocycles. The third-order valence-corrected chi connectivity index (χ3v) is 11.1. The number of benzene rings is 9. The highest BCUT2D eigenvalue weighted by atomic mass is 16.5. The van der Waals surface area contributed by atoms with Crippen LogP contribution in [-0.4, -0.2) is 15.8 Å². The number of ketones is 1. The summed E-state index contributed by atoms with van der Waals surface area (Å²) in [6.07, 6.45) is 0. The molecule has 0 unspecified atom stereocenters.